The van der Waals surface area contributed by atoms with E-state index in [2.05, 4.69) is 6.92 Å². The summed E-state index contributed by atoms with van der Waals surface area (Å²) in [4.78, 5) is 11.9. The first kappa shape index (κ1) is 16.3. The van der Waals surface area contributed by atoms with Crippen molar-refractivity contribution in [2.24, 2.45) is 5.41 Å². The van der Waals surface area contributed by atoms with Crippen molar-refractivity contribution in [2.45, 2.75) is 72.6 Å². The molecule has 0 fully saturated rings. The van der Waals surface area contributed by atoms with Crippen LogP contribution >= 0.6 is 0 Å². The summed E-state index contributed by atoms with van der Waals surface area (Å²) < 4.78 is 12.7. The van der Waals surface area contributed by atoms with Crippen LogP contribution < -0.4 is 0 Å². The number of unbranched alkanes of at least 4 members (excludes halogenated alkanes) is 4. The quantitative estimate of drug-likeness (QED) is 0.401. The lowest BCUT2D eigenvalue weighted by Crippen LogP contribution is -2.25. The van der Waals surface area contributed by atoms with Gasteiger partial charge in [0.1, 0.15) is 5.83 Å². The van der Waals surface area contributed by atoms with Gasteiger partial charge in [0.25, 0.3) is 0 Å². The monoisotopic (exact) mass is 242 g/mol. The van der Waals surface area contributed by atoms with Gasteiger partial charge < -0.3 is 0 Å². The Balaban J connectivity index is 4.19. The van der Waals surface area contributed by atoms with Crippen LogP contribution in [0.15, 0.2) is 11.9 Å². The number of rotatable bonds is 9. The predicted octanol–water partition coefficient (Wildman–Crippen LogP) is 5.21. The summed E-state index contributed by atoms with van der Waals surface area (Å²) in [6, 6.07) is 0. The van der Waals surface area contributed by atoms with Crippen molar-refractivity contribution in [2.75, 3.05) is 0 Å². The van der Waals surface area contributed by atoms with Crippen LogP contribution in [0, 0.1) is 5.41 Å². The molecule has 0 aliphatic heterocycles. The second-order valence-electron chi connectivity index (χ2n) is 5.17. The molecule has 0 aromatic carbocycles. The molecule has 0 heterocycles. The molecule has 1 nitrogen and oxygen atoms in total. The molecule has 0 aliphatic rings. The fourth-order valence-corrected chi connectivity index (χ4v) is 1.95. The van der Waals surface area contributed by atoms with Crippen molar-refractivity contribution < 1.29 is 9.18 Å². The molecule has 1 unspecified atom stereocenters. The normalized spacial score (nSPS) is 15.7. The maximum Gasteiger partial charge on any atom is 0.164 e. The topological polar surface area (TPSA) is 17.1 Å². The molecular formula is C15H27FO. The Morgan fingerprint density at radius 2 is 1.76 bits per heavy atom. The Kier molecular flexibility index (Phi) is 8.11. The number of hydrogen-bond acceptors (Lipinski definition) is 1. The van der Waals surface area contributed by atoms with Gasteiger partial charge in [-0.25, -0.2) is 4.39 Å². The van der Waals surface area contributed by atoms with Crippen LogP contribution in [0.4, 0.5) is 4.39 Å². The summed E-state index contributed by atoms with van der Waals surface area (Å²) in [7, 11) is 0. The summed E-state index contributed by atoms with van der Waals surface area (Å²) in [6.07, 6.45) is 8.77. The smallest absolute Gasteiger partial charge is 0.164 e. The van der Waals surface area contributed by atoms with E-state index in [1.807, 2.05) is 13.8 Å². The van der Waals surface area contributed by atoms with Crippen LogP contribution in [-0.2, 0) is 4.79 Å². The molecule has 2 heteroatoms. The molecule has 17 heavy (non-hydrogen) atoms. The van der Waals surface area contributed by atoms with Crippen molar-refractivity contribution in [3.8, 4) is 0 Å². The highest BCUT2D eigenvalue weighted by molar-refractivity contribution is 5.94. The average molecular weight is 242 g/mol. The number of carbonyl (C=O) groups excluding carboxylic acids is 1. The van der Waals surface area contributed by atoms with Gasteiger partial charge in [-0.15, -0.1) is 0 Å². The van der Waals surface area contributed by atoms with Crippen LogP contribution in [0.25, 0.3) is 0 Å². The van der Waals surface area contributed by atoms with Gasteiger partial charge in [0.05, 0.1) is 0 Å². The molecule has 0 radical (unpaired) electrons. The number of allylic oxidation sites excluding steroid dienone is 2. The van der Waals surface area contributed by atoms with Crippen molar-refractivity contribution in [3.63, 3.8) is 0 Å². The van der Waals surface area contributed by atoms with Gasteiger partial charge in [-0.05, 0) is 19.8 Å². The maximum absolute atomic E-state index is 12.7. The Labute approximate surface area is 105 Å². The molecule has 0 N–H and O–H groups in total. The molecule has 0 bridgehead atoms. The van der Waals surface area contributed by atoms with Gasteiger partial charge in [-0.1, -0.05) is 52.9 Å². The molecule has 0 aliphatic carbocycles. The Bertz CT molecular complexity index is 254. The highest BCUT2D eigenvalue weighted by Crippen LogP contribution is 2.30. The maximum atomic E-state index is 12.7. The molecular weight excluding hydrogens is 215 g/mol. The fraction of sp³-hybridized carbons (Fsp3) is 0.800. The summed E-state index contributed by atoms with van der Waals surface area (Å²) in [6.45, 7) is 7.48. The van der Waals surface area contributed by atoms with Gasteiger partial charge in [0.15, 0.2) is 5.78 Å². The Hall–Kier alpha value is -0.660. The molecule has 0 rings (SSSR count). The van der Waals surface area contributed by atoms with Crippen molar-refractivity contribution >= 4 is 5.78 Å². The van der Waals surface area contributed by atoms with E-state index in [-0.39, 0.29) is 17.0 Å². The zero-order valence-corrected chi connectivity index (χ0v) is 11.8. The molecule has 1 atom stereocenters. The van der Waals surface area contributed by atoms with E-state index in [1.54, 1.807) is 0 Å². The molecule has 100 valence electrons. The first-order valence-electron chi connectivity index (χ1n) is 6.84. The third kappa shape index (κ3) is 6.60. The first-order chi connectivity index (χ1) is 7.96. The van der Waals surface area contributed by atoms with Crippen LogP contribution in [-0.4, -0.2) is 5.78 Å². The summed E-state index contributed by atoms with van der Waals surface area (Å²) >= 11 is 0. The molecule has 0 aromatic heterocycles. The van der Waals surface area contributed by atoms with E-state index in [1.165, 1.54) is 32.6 Å². The number of hydrogen-bond donors (Lipinski definition) is 0. The van der Waals surface area contributed by atoms with Crippen LogP contribution in [0.2, 0.25) is 0 Å². The van der Waals surface area contributed by atoms with Gasteiger partial charge in [0.2, 0.25) is 0 Å². The van der Waals surface area contributed by atoms with Crippen molar-refractivity contribution in [1.82, 2.24) is 0 Å². The number of ketones is 1. The largest absolute Gasteiger partial charge is 0.294 e. The highest BCUT2D eigenvalue weighted by atomic mass is 19.1. The molecule has 0 spiro atoms. The minimum atomic E-state index is -0.388. The summed E-state index contributed by atoms with van der Waals surface area (Å²) in [5, 5.41) is 0. The van der Waals surface area contributed by atoms with Gasteiger partial charge in [-0.2, -0.15) is 0 Å². The van der Waals surface area contributed by atoms with E-state index < -0.39 is 0 Å². The minimum absolute atomic E-state index is 0.0597. The zero-order chi connectivity index (χ0) is 13.3. The van der Waals surface area contributed by atoms with E-state index in [0.29, 0.717) is 0 Å². The van der Waals surface area contributed by atoms with Gasteiger partial charge in [-0.3, -0.25) is 4.79 Å². The van der Waals surface area contributed by atoms with Crippen LogP contribution in [0.1, 0.15) is 72.6 Å². The average Bonchev–Trinajstić information content (AvgIpc) is 2.27. The van der Waals surface area contributed by atoms with Gasteiger partial charge in [0, 0.05) is 11.5 Å². The van der Waals surface area contributed by atoms with Crippen molar-refractivity contribution in [1.29, 1.82) is 0 Å². The zero-order valence-electron chi connectivity index (χ0n) is 11.8. The third-order valence-corrected chi connectivity index (χ3v) is 3.54. The standard InChI is InChI=1S/C15H27FO/c1-5-7-8-9-10-11-15(4,6-2)14(17)12-13(3)16/h12H,5-11H2,1-4H3/b13-12-. The fourth-order valence-electron chi connectivity index (χ4n) is 1.95. The number of halogens is 1. The lowest BCUT2D eigenvalue weighted by atomic mass is 9.78. The van der Waals surface area contributed by atoms with Crippen molar-refractivity contribution in [3.05, 3.63) is 11.9 Å². The first-order valence-corrected chi connectivity index (χ1v) is 6.84. The minimum Gasteiger partial charge on any atom is -0.294 e. The number of carbonyl (C=O) groups is 1. The summed E-state index contributed by atoms with van der Waals surface area (Å²) in [5.74, 6) is -0.448. The molecule has 0 amide bonds. The second-order valence-corrected chi connectivity index (χ2v) is 5.17. The molecule has 0 saturated heterocycles. The van der Waals surface area contributed by atoms with E-state index in [4.69, 9.17) is 0 Å². The Morgan fingerprint density at radius 1 is 1.18 bits per heavy atom. The van der Waals surface area contributed by atoms with E-state index in [0.717, 1.165) is 25.3 Å². The molecule has 0 saturated carbocycles. The van der Waals surface area contributed by atoms with E-state index >= 15 is 0 Å². The predicted molar refractivity (Wildman–Crippen MR) is 71.6 cm³/mol. The SMILES string of the molecule is CCCCCCCC(C)(CC)C(=O)/C=C(/C)F. The van der Waals surface area contributed by atoms with Crippen LogP contribution in [0.3, 0.4) is 0 Å². The second kappa shape index (κ2) is 8.43. The van der Waals surface area contributed by atoms with Crippen LogP contribution in [0.5, 0.6) is 0 Å². The van der Waals surface area contributed by atoms with Gasteiger partial charge >= 0.3 is 0 Å². The molecule has 0 aromatic rings. The lowest BCUT2D eigenvalue weighted by Gasteiger charge is -2.25. The Morgan fingerprint density at radius 3 is 2.24 bits per heavy atom. The highest BCUT2D eigenvalue weighted by Gasteiger charge is 2.28. The lowest BCUT2D eigenvalue weighted by molar-refractivity contribution is -0.123. The third-order valence-electron chi connectivity index (χ3n) is 3.54. The van der Waals surface area contributed by atoms with E-state index in [9.17, 15) is 9.18 Å². The summed E-state index contributed by atoms with van der Waals surface area (Å²) in [5.41, 5.74) is -0.375.